The molecule has 1 aromatic heterocycles. The molecule has 0 fully saturated rings. The number of rotatable bonds is 6. The summed E-state index contributed by atoms with van der Waals surface area (Å²) in [7, 11) is -3.95. The number of nitrogens with one attached hydrogen (secondary N) is 1. The highest BCUT2D eigenvalue weighted by molar-refractivity contribution is 9.10. The molecule has 0 radical (unpaired) electrons. The van der Waals surface area contributed by atoms with Crippen molar-refractivity contribution in [2.45, 2.75) is 18.0 Å². The summed E-state index contributed by atoms with van der Waals surface area (Å²) in [5.74, 6) is 0.469. The minimum atomic E-state index is -3.95. The summed E-state index contributed by atoms with van der Waals surface area (Å²) in [5, 5.41) is -0.128. The van der Waals surface area contributed by atoms with Crippen LogP contribution in [-0.2, 0) is 10.0 Å². The van der Waals surface area contributed by atoms with Crippen molar-refractivity contribution in [2.75, 3.05) is 0 Å². The molecule has 1 atom stereocenters. The molecule has 0 saturated heterocycles. The van der Waals surface area contributed by atoms with Crippen molar-refractivity contribution in [1.29, 1.82) is 0 Å². The van der Waals surface area contributed by atoms with Gasteiger partial charge in [0.25, 0.3) is 10.0 Å². The number of aromatic nitrogens is 1. The lowest BCUT2D eigenvalue weighted by Crippen LogP contribution is -2.27. The first-order valence-corrected chi connectivity index (χ1v) is 11.6. The van der Waals surface area contributed by atoms with Gasteiger partial charge < -0.3 is 4.42 Å². The SMILES string of the molecule is CC(NS(=O)(=O)c1nc(-c2ccccc2)oc1-c1ccccc1)c1ccc(Br)cc1. The summed E-state index contributed by atoms with van der Waals surface area (Å²) in [5.41, 5.74) is 2.19. The second kappa shape index (κ2) is 8.55. The van der Waals surface area contributed by atoms with E-state index in [1.165, 1.54) is 0 Å². The summed E-state index contributed by atoms with van der Waals surface area (Å²) in [4.78, 5) is 4.36. The van der Waals surface area contributed by atoms with Crippen LogP contribution in [0.25, 0.3) is 22.8 Å². The monoisotopic (exact) mass is 482 g/mol. The molecule has 0 aliphatic rings. The Labute approximate surface area is 184 Å². The van der Waals surface area contributed by atoms with Crippen LogP contribution >= 0.6 is 15.9 Å². The van der Waals surface area contributed by atoms with E-state index in [1.54, 1.807) is 19.1 Å². The zero-order valence-electron chi connectivity index (χ0n) is 16.1. The summed E-state index contributed by atoms with van der Waals surface area (Å²) in [6.07, 6.45) is 0. The molecule has 1 unspecified atom stereocenters. The summed E-state index contributed by atoms with van der Waals surface area (Å²) >= 11 is 3.39. The number of oxazole rings is 1. The quantitative estimate of drug-likeness (QED) is 0.376. The van der Waals surface area contributed by atoms with Crippen molar-refractivity contribution >= 4 is 26.0 Å². The summed E-state index contributed by atoms with van der Waals surface area (Å²) in [6, 6.07) is 25.4. The van der Waals surface area contributed by atoms with Gasteiger partial charge in [0, 0.05) is 21.6 Å². The molecule has 152 valence electrons. The Hall–Kier alpha value is -2.74. The van der Waals surface area contributed by atoms with Crippen LogP contribution in [0, 0.1) is 0 Å². The second-order valence-corrected chi connectivity index (χ2v) is 9.32. The molecule has 4 aromatic rings. The molecule has 0 aliphatic heterocycles. The number of hydrogen-bond acceptors (Lipinski definition) is 4. The highest BCUT2D eigenvalue weighted by Crippen LogP contribution is 2.33. The van der Waals surface area contributed by atoms with Gasteiger partial charge in [-0.2, -0.15) is 4.98 Å². The van der Waals surface area contributed by atoms with E-state index < -0.39 is 16.1 Å². The van der Waals surface area contributed by atoms with Crippen molar-refractivity contribution < 1.29 is 12.8 Å². The van der Waals surface area contributed by atoms with Gasteiger partial charge in [-0.1, -0.05) is 76.6 Å². The predicted molar refractivity (Wildman–Crippen MR) is 120 cm³/mol. The minimum absolute atomic E-state index is 0.128. The molecule has 1 N–H and O–H groups in total. The zero-order valence-corrected chi connectivity index (χ0v) is 18.5. The first-order valence-electron chi connectivity index (χ1n) is 9.33. The van der Waals surface area contributed by atoms with E-state index in [2.05, 4.69) is 25.6 Å². The Bertz CT molecular complexity index is 1240. The predicted octanol–water partition coefficient (Wildman–Crippen LogP) is 5.81. The van der Waals surface area contributed by atoms with Gasteiger partial charge >= 0.3 is 0 Å². The molecule has 0 saturated carbocycles. The van der Waals surface area contributed by atoms with E-state index in [1.807, 2.05) is 72.8 Å². The Kier molecular flexibility index (Phi) is 5.85. The number of benzene rings is 3. The van der Waals surface area contributed by atoms with Crippen LogP contribution in [0.4, 0.5) is 0 Å². The Balaban J connectivity index is 1.76. The van der Waals surface area contributed by atoms with Gasteiger partial charge in [0.05, 0.1) is 0 Å². The summed E-state index contributed by atoms with van der Waals surface area (Å²) < 4.78 is 36.1. The molecule has 4 rings (SSSR count). The Morgan fingerprint density at radius 3 is 2.03 bits per heavy atom. The maximum Gasteiger partial charge on any atom is 0.262 e. The van der Waals surface area contributed by atoms with Crippen LogP contribution in [-0.4, -0.2) is 13.4 Å². The van der Waals surface area contributed by atoms with Crippen molar-refractivity contribution in [3.05, 3.63) is 95.0 Å². The topological polar surface area (TPSA) is 72.2 Å². The fourth-order valence-electron chi connectivity index (χ4n) is 3.07. The Morgan fingerprint density at radius 2 is 1.43 bits per heavy atom. The van der Waals surface area contributed by atoms with Crippen LogP contribution in [0.15, 0.2) is 98.8 Å². The molecule has 1 heterocycles. The van der Waals surface area contributed by atoms with Crippen LogP contribution in [0.1, 0.15) is 18.5 Å². The first-order chi connectivity index (χ1) is 14.4. The molecule has 7 heteroatoms. The highest BCUT2D eigenvalue weighted by atomic mass is 79.9. The molecular weight excluding hydrogens is 464 g/mol. The number of sulfonamides is 1. The molecule has 0 amide bonds. The molecule has 5 nitrogen and oxygen atoms in total. The van der Waals surface area contributed by atoms with Crippen molar-refractivity contribution in [1.82, 2.24) is 9.71 Å². The Morgan fingerprint density at radius 1 is 0.867 bits per heavy atom. The van der Waals surface area contributed by atoms with Gasteiger partial charge in [0.1, 0.15) is 0 Å². The smallest absolute Gasteiger partial charge is 0.262 e. The van der Waals surface area contributed by atoms with Crippen molar-refractivity contribution in [2.24, 2.45) is 0 Å². The van der Waals surface area contributed by atoms with Crippen LogP contribution < -0.4 is 4.72 Å². The van der Waals surface area contributed by atoms with E-state index in [4.69, 9.17) is 4.42 Å². The van der Waals surface area contributed by atoms with E-state index >= 15 is 0 Å². The molecule has 3 aromatic carbocycles. The summed E-state index contributed by atoms with van der Waals surface area (Å²) in [6.45, 7) is 1.79. The molecule has 0 aliphatic carbocycles. The van der Waals surface area contributed by atoms with Crippen LogP contribution in [0.2, 0.25) is 0 Å². The first kappa shape index (κ1) is 20.5. The fraction of sp³-hybridized carbons (Fsp3) is 0.0870. The third kappa shape index (κ3) is 4.38. The molecule has 0 bridgehead atoms. The van der Waals surface area contributed by atoms with Crippen LogP contribution in [0.3, 0.4) is 0 Å². The van der Waals surface area contributed by atoms with E-state index in [0.29, 0.717) is 11.1 Å². The van der Waals surface area contributed by atoms with Gasteiger partial charge in [-0.3, -0.25) is 0 Å². The van der Waals surface area contributed by atoms with Gasteiger partial charge in [0.2, 0.25) is 10.9 Å². The molecular formula is C23H19BrN2O3S. The van der Waals surface area contributed by atoms with Crippen molar-refractivity contribution in [3.8, 4) is 22.8 Å². The maximum absolute atomic E-state index is 13.3. The average molecular weight is 483 g/mol. The van der Waals surface area contributed by atoms with E-state index in [9.17, 15) is 8.42 Å². The van der Waals surface area contributed by atoms with Gasteiger partial charge in [-0.15, -0.1) is 0 Å². The largest absolute Gasteiger partial charge is 0.435 e. The zero-order chi connectivity index (χ0) is 21.1. The normalized spacial score (nSPS) is 12.6. The number of hydrogen-bond donors (Lipinski definition) is 1. The van der Waals surface area contributed by atoms with Gasteiger partial charge in [-0.05, 0) is 36.8 Å². The molecule has 0 spiro atoms. The van der Waals surface area contributed by atoms with Crippen LogP contribution in [0.5, 0.6) is 0 Å². The third-order valence-electron chi connectivity index (χ3n) is 4.61. The minimum Gasteiger partial charge on any atom is -0.435 e. The highest BCUT2D eigenvalue weighted by Gasteiger charge is 2.29. The lowest BCUT2D eigenvalue weighted by Gasteiger charge is -2.14. The maximum atomic E-state index is 13.3. The average Bonchev–Trinajstić information content (AvgIpc) is 3.22. The van der Waals surface area contributed by atoms with E-state index in [-0.39, 0.29) is 16.7 Å². The van der Waals surface area contributed by atoms with Crippen molar-refractivity contribution in [3.63, 3.8) is 0 Å². The number of halogens is 1. The third-order valence-corrected chi connectivity index (χ3v) is 6.59. The number of nitrogens with zero attached hydrogens (tertiary/aromatic N) is 1. The fourth-order valence-corrected chi connectivity index (χ4v) is 4.66. The van der Waals surface area contributed by atoms with Gasteiger partial charge in [0.15, 0.2) is 5.76 Å². The lowest BCUT2D eigenvalue weighted by molar-refractivity contribution is 0.560. The van der Waals surface area contributed by atoms with Gasteiger partial charge in [-0.25, -0.2) is 13.1 Å². The van der Waals surface area contributed by atoms with E-state index in [0.717, 1.165) is 10.0 Å². The standard InChI is InChI=1S/C23H19BrN2O3S/c1-16(17-12-14-20(24)15-13-17)26-30(27,28)23-21(18-8-4-2-5-9-18)29-22(25-23)19-10-6-3-7-11-19/h2-16,26H,1H3. The molecule has 30 heavy (non-hydrogen) atoms. The second-order valence-electron chi connectivity index (χ2n) is 6.78. The lowest BCUT2D eigenvalue weighted by atomic mass is 10.1.